The van der Waals surface area contributed by atoms with Gasteiger partial charge in [0.1, 0.15) is 12.0 Å². The molecule has 0 saturated heterocycles. The van der Waals surface area contributed by atoms with Crippen LogP contribution in [0.4, 0.5) is 0 Å². The summed E-state index contributed by atoms with van der Waals surface area (Å²) >= 11 is 0. The van der Waals surface area contributed by atoms with Crippen molar-refractivity contribution in [2.24, 2.45) is 5.92 Å². The second-order valence-corrected chi connectivity index (χ2v) is 3.04. The van der Waals surface area contributed by atoms with E-state index < -0.39 is 0 Å². The standard InChI is InChI=1S/C11H10O3/c12-8-9-3-5-10(6-4-9)14-11-2-1-7-13-11/h1-3,5-9H,4H2. The Kier molecular flexibility index (Phi) is 2.49. The third-order valence-corrected chi connectivity index (χ3v) is 1.99. The first-order chi connectivity index (χ1) is 6.88. The highest BCUT2D eigenvalue weighted by Crippen LogP contribution is 2.19. The van der Waals surface area contributed by atoms with Gasteiger partial charge in [0.2, 0.25) is 0 Å². The first kappa shape index (κ1) is 8.81. The van der Waals surface area contributed by atoms with Crippen molar-refractivity contribution in [3.63, 3.8) is 0 Å². The minimum Gasteiger partial charge on any atom is -0.434 e. The monoisotopic (exact) mass is 190 g/mol. The van der Waals surface area contributed by atoms with Crippen LogP contribution in [0.5, 0.6) is 5.95 Å². The third-order valence-electron chi connectivity index (χ3n) is 1.99. The molecule has 0 radical (unpaired) electrons. The SMILES string of the molecule is O=CC1C=CC(Oc2ccco2)=CC1. The van der Waals surface area contributed by atoms with Crippen LogP contribution in [0.1, 0.15) is 6.42 Å². The molecule has 1 aliphatic rings. The minimum atomic E-state index is -0.0149. The van der Waals surface area contributed by atoms with Crippen molar-refractivity contribution in [2.45, 2.75) is 6.42 Å². The molecule has 0 spiro atoms. The molecular weight excluding hydrogens is 180 g/mol. The molecule has 0 aromatic carbocycles. The van der Waals surface area contributed by atoms with Gasteiger partial charge >= 0.3 is 0 Å². The number of ether oxygens (including phenoxy) is 1. The van der Waals surface area contributed by atoms with Crippen molar-refractivity contribution in [3.05, 3.63) is 42.4 Å². The molecule has 3 heteroatoms. The molecular formula is C11H10O3. The number of carbonyl (C=O) groups excluding carboxylic acids is 1. The van der Waals surface area contributed by atoms with E-state index in [2.05, 4.69) is 0 Å². The van der Waals surface area contributed by atoms with Crippen molar-refractivity contribution < 1.29 is 13.9 Å². The van der Waals surface area contributed by atoms with Gasteiger partial charge in [-0.05, 0) is 24.6 Å². The minimum absolute atomic E-state index is 0.0149. The molecule has 1 aromatic heterocycles. The maximum atomic E-state index is 10.4. The average molecular weight is 190 g/mol. The number of furan rings is 1. The molecule has 1 aromatic rings. The number of carbonyl (C=O) groups is 1. The summed E-state index contributed by atoms with van der Waals surface area (Å²) in [5.74, 6) is 1.17. The van der Waals surface area contributed by atoms with Gasteiger partial charge in [-0.15, -0.1) is 0 Å². The van der Waals surface area contributed by atoms with E-state index in [1.165, 1.54) is 0 Å². The molecule has 0 fully saturated rings. The van der Waals surface area contributed by atoms with Gasteiger partial charge in [0.25, 0.3) is 5.95 Å². The zero-order valence-corrected chi connectivity index (χ0v) is 7.55. The van der Waals surface area contributed by atoms with Gasteiger partial charge in [0, 0.05) is 12.0 Å². The number of aldehydes is 1. The van der Waals surface area contributed by atoms with Crippen LogP contribution in [0.3, 0.4) is 0 Å². The van der Waals surface area contributed by atoms with Crippen molar-refractivity contribution in [1.82, 2.24) is 0 Å². The van der Waals surface area contributed by atoms with Crippen molar-refractivity contribution in [3.8, 4) is 5.95 Å². The molecule has 0 bridgehead atoms. The summed E-state index contributed by atoms with van der Waals surface area (Å²) in [5, 5.41) is 0. The fourth-order valence-electron chi connectivity index (χ4n) is 1.23. The summed E-state index contributed by atoms with van der Waals surface area (Å²) in [6.07, 6.45) is 8.65. The van der Waals surface area contributed by atoms with E-state index in [9.17, 15) is 4.79 Å². The summed E-state index contributed by atoms with van der Waals surface area (Å²) in [7, 11) is 0. The highest BCUT2D eigenvalue weighted by Gasteiger charge is 2.08. The van der Waals surface area contributed by atoms with Gasteiger partial charge in [-0.1, -0.05) is 6.08 Å². The van der Waals surface area contributed by atoms with E-state index in [1.54, 1.807) is 24.5 Å². The smallest absolute Gasteiger partial charge is 0.289 e. The van der Waals surface area contributed by atoms with E-state index >= 15 is 0 Å². The second kappa shape index (κ2) is 3.96. The second-order valence-electron chi connectivity index (χ2n) is 3.04. The maximum absolute atomic E-state index is 10.4. The molecule has 1 aliphatic carbocycles. The molecule has 14 heavy (non-hydrogen) atoms. The zero-order chi connectivity index (χ0) is 9.80. The zero-order valence-electron chi connectivity index (χ0n) is 7.55. The Labute approximate surface area is 81.7 Å². The van der Waals surface area contributed by atoms with Gasteiger partial charge in [0.15, 0.2) is 0 Å². The highest BCUT2D eigenvalue weighted by atomic mass is 16.6. The maximum Gasteiger partial charge on any atom is 0.289 e. The molecule has 0 saturated carbocycles. The molecule has 0 aliphatic heterocycles. The van der Waals surface area contributed by atoms with Crippen LogP contribution in [0.2, 0.25) is 0 Å². The summed E-state index contributed by atoms with van der Waals surface area (Å²) in [6, 6.07) is 3.50. The average Bonchev–Trinajstić information content (AvgIpc) is 2.72. The van der Waals surface area contributed by atoms with Gasteiger partial charge < -0.3 is 13.9 Å². The van der Waals surface area contributed by atoms with E-state index in [0.717, 1.165) is 12.0 Å². The van der Waals surface area contributed by atoms with Gasteiger partial charge in [-0.2, -0.15) is 0 Å². The molecule has 72 valence electrons. The Morgan fingerprint density at radius 2 is 2.50 bits per heavy atom. The molecule has 1 heterocycles. The summed E-state index contributed by atoms with van der Waals surface area (Å²) in [6.45, 7) is 0. The van der Waals surface area contributed by atoms with Crippen LogP contribution in [0.15, 0.2) is 46.8 Å². The lowest BCUT2D eigenvalue weighted by Gasteiger charge is -2.09. The van der Waals surface area contributed by atoms with Crippen LogP contribution in [-0.2, 0) is 4.79 Å². The van der Waals surface area contributed by atoms with E-state index in [0.29, 0.717) is 12.4 Å². The molecule has 0 N–H and O–H groups in total. The largest absolute Gasteiger partial charge is 0.434 e. The summed E-state index contributed by atoms with van der Waals surface area (Å²) < 4.78 is 10.4. The van der Waals surface area contributed by atoms with Crippen molar-refractivity contribution in [1.29, 1.82) is 0 Å². The van der Waals surface area contributed by atoms with Gasteiger partial charge in [-0.25, -0.2) is 0 Å². The van der Waals surface area contributed by atoms with Crippen LogP contribution in [0.25, 0.3) is 0 Å². The first-order valence-electron chi connectivity index (χ1n) is 4.43. The van der Waals surface area contributed by atoms with E-state index in [-0.39, 0.29) is 5.92 Å². The van der Waals surface area contributed by atoms with Crippen LogP contribution < -0.4 is 4.74 Å². The lowest BCUT2D eigenvalue weighted by atomic mass is 10.0. The highest BCUT2D eigenvalue weighted by molar-refractivity contribution is 5.58. The number of rotatable bonds is 3. The Morgan fingerprint density at radius 3 is 3.07 bits per heavy atom. The fourth-order valence-corrected chi connectivity index (χ4v) is 1.23. The molecule has 2 rings (SSSR count). The number of hydrogen-bond acceptors (Lipinski definition) is 3. The molecule has 0 amide bonds. The Balaban J connectivity index is 1.99. The Morgan fingerprint density at radius 1 is 1.57 bits per heavy atom. The normalized spacial score (nSPS) is 20.3. The number of allylic oxidation sites excluding steroid dienone is 3. The molecule has 1 unspecified atom stereocenters. The third kappa shape index (κ3) is 1.93. The van der Waals surface area contributed by atoms with Crippen molar-refractivity contribution in [2.75, 3.05) is 0 Å². The number of hydrogen-bond donors (Lipinski definition) is 0. The van der Waals surface area contributed by atoms with Crippen molar-refractivity contribution >= 4 is 6.29 Å². The summed E-state index contributed by atoms with van der Waals surface area (Å²) in [5.41, 5.74) is 0. The lowest BCUT2D eigenvalue weighted by Crippen LogP contribution is -2.03. The predicted molar refractivity (Wildman–Crippen MR) is 50.7 cm³/mol. The van der Waals surface area contributed by atoms with Gasteiger partial charge in [-0.3, -0.25) is 0 Å². The molecule has 3 nitrogen and oxygen atoms in total. The Hall–Kier alpha value is -1.77. The fraction of sp³-hybridized carbons (Fsp3) is 0.182. The lowest BCUT2D eigenvalue weighted by molar-refractivity contribution is -0.109. The van der Waals surface area contributed by atoms with E-state index in [4.69, 9.17) is 9.15 Å². The van der Waals surface area contributed by atoms with Gasteiger partial charge in [0.05, 0.1) is 6.26 Å². The van der Waals surface area contributed by atoms with E-state index in [1.807, 2.05) is 12.2 Å². The Bertz CT molecular complexity index is 360. The topological polar surface area (TPSA) is 39.4 Å². The van der Waals surface area contributed by atoms with Crippen LogP contribution in [-0.4, -0.2) is 6.29 Å². The van der Waals surface area contributed by atoms with Crippen LogP contribution in [0, 0.1) is 5.92 Å². The predicted octanol–water partition coefficient (Wildman–Crippen LogP) is 2.32. The quantitative estimate of drug-likeness (QED) is 0.686. The first-order valence-corrected chi connectivity index (χ1v) is 4.43. The molecule has 1 atom stereocenters. The summed E-state index contributed by atoms with van der Waals surface area (Å²) in [4.78, 5) is 10.4. The van der Waals surface area contributed by atoms with Crippen LogP contribution >= 0.6 is 0 Å².